The number of fused-ring (bicyclic) bond motifs is 1. The number of nitrogens with zero attached hydrogens (tertiary/aromatic N) is 1. The predicted molar refractivity (Wildman–Crippen MR) is 79.6 cm³/mol. The zero-order chi connectivity index (χ0) is 15.0. The van der Waals surface area contributed by atoms with Crippen molar-refractivity contribution >= 4 is 23.3 Å². The van der Waals surface area contributed by atoms with E-state index in [1.807, 2.05) is 0 Å². The lowest BCUT2D eigenvalue weighted by Gasteiger charge is -2.18. The smallest absolute Gasteiger partial charge is 0.335 e. The van der Waals surface area contributed by atoms with Crippen molar-refractivity contribution in [2.45, 2.75) is 6.42 Å². The summed E-state index contributed by atoms with van der Waals surface area (Å²) in [6.07, 6.45) is 0.648. The molecule has 0 spiro atoms. The second-order valence-corrected chi connectivity index (χ2v) is 4.94. The Bertz CT molecular complexity index is 740. The molecule has 5 heteroatoms. The van der Waals surface area contributed by atoms with Gasteiger partial charge in [0.25, 0.3) is 5.91 Å². The first-order valence-corrected chi connectivity index (χ1v) is 6.60. The number of anilines is 2. The van der Waals surface area contributed by atoms with E-state index in [1.165, 1.54) is 6.07 Å². The number of para-hydroxylation sites is 1. The van der Waals surface area contributed by atoms with Gasteiger partial charge in [0.2, 0.25) is 0 Å². The molecule has 0 bridgehead atoms. The molecule has 3 N–H and O–H groups in total. The third kappa shape index (κ3) is 2.23. The van der Waals surface area contributed by atoms with Gasteiger partial charge in [0, 0.05) is 17.9 Å². The molecule has 0 fully saturated rings. The van der Waals surface area contributed by atoms with E-state index in [0.717, 1.165) is 11.3 Å². The number of aromatic carboxylic acids is 1. The number of nitrogen functional groups attached to an aromatic ring is 1. The Hall–Kier alpha value is -2.82. The average Bonchev–Trinajstić information content (AvgIpc) is 2.90. The summed E-state index contributed by atoms with van der Waals surface area (Å²) >= 11 is 0. The van der Waals surface area contributed by atoms with E-state index in [9.17, 15) is 9.59 Å². The standard InChI is InChI=1S/C16H14N2O3/c17-13-4-2-1-3-12(13)15(19)18-8-7-10-9-11(16(20)21)5-6-14(10)18/h1-6,9H,7-8,17H2,(H,20,21). The zero-order valence-corrected chi connectivity index (χ0v) is 11.2. The highest BCUT2D eigenvalue weighted by Crippen LogP contribution is 2.31. The molecule has 1 amide bonds. The fourth-order valence-corrected chi connectivity index (χ4v) is 2.58. The van der Waals surface area contributed by atoms with Gasteiger partial charge >= 0.3 is 5.97 Å². The Morgan fingerprint density at radius 3 is 2.62 bits per heavy atom. The van der Waals surface area contributed by atoms with Crippen LogP contribution in [0, 0.1) is 0 Å². The fraction of sp³-hybridized carbons (Fsp3) is 0.125. The van der Waals surface area contributed by atoms with Gasteiger partial charge in [0.05, 0.1) is 11.1 Å². The van der Waals surface area contributed by atoms with Gasteiger partial charge in [-0.2, -0.15) is 0 Å². The van der Waals surface area contributed by atoms with E-state index >= 15 is 0 Å². The number of amides is 1. The molecule has 2 aromatic carbocycles. The molecule has 0 radical (unpaired) electrons. The van der Waals surface area contributed by atoms with Crippen LogP contribution >= 0.6 is 0 Å². The highest BCUT2D eigenvalue weighted by atomic mass is 16.4. The van der Waals surface area contributed by atoms with Crippen molar-refractivity contribution in [2.24, 2.45) is 0 Å². The largest absolute Gasteiger partial charge is 0.478 e. The summed E-state index contributed by atoms with van der Waals surface area (Å²) in [6, 6.07) is 11.8. The van der Waals surface area contributed by atoms with Gasteiger partial charge in [-0.3, -0.25) is 4.79 Å². The SMILES string of the molecule is Nc1ccccc1C(=O)N1CCc2cc(C(=O)O)ccc21. The number of carbonyl (C=O) groups is 2. The van der Waals surface area contributed by atoms with Crippen molar-refractivity contribution in [3.63, 3.8) is 0 Å². The zero-order valence-electron chi connectivity index (χ0n) is 11.2. The average molecular weight is 282 g/mol. The summed E-state index contributed by atoms with van der Waals surface area (Å²) < 4.78 is 0. The number of rotatable bonds is 2. The molecule has 0 saturated carbocycles. The molecule has 5 nitrogen and oxygen atoms in total. The van der Waals surface area contributed by atoms with Gasteiger partial charge in [-0.25, -0.2) is 4.79 Å². The van der Waals surface area contributed by atoms with Crippen LogP contribution in [-0.4, -0.2) is 23.5 Å². The van der Waals surface area contributed by atoms with E-state index in [-0.39, 0.29) is 11.5 Å². The third-order valence-corrected chi connectivity index (χ3v) is 3.66. The van der Waals surface area contributed by atoms with Crippen molar-refractivity contribution in [1.82, 2.24) is 0 Å². The monoisotopic (exact) mass is 282 g/mol. The molecule has 3 rings (SSSR count). The van der Waals surface area contributed by atoms with Crippen LogP contribution in [0.5, 0.6) is 0 Å². The first-order chi connectivity index (χ1) is 10.1. The molecule has 0 saturated heterocycles. The third-order valence-electron chi connectivity index (χ3n) is 3.66. The van der Waals surface area contributed by atoms with Gasteiger partial charge in [0.15, 0.2) is 0 Å². The number of hydrogen-bond donors (Lipinski definition) is 2. The molecule has 21 heavy (non-hydrogen) atoms. The van der Waals surface area contributed by atoms with Gasteiger partial charge in [0.1, 0.15) is 0 Å². The van der Waals surface area contributed by atoms with Crippen molar-refractivity contribution in [3.05, 3.63) is 59.2 Å². The Labute approximate surface area is 121 Å². The minimum Gasteiger partial charge on any atom is -0.478 e. The van der Waals surface area contributed by atoms with E-state index in [0.29, 0.717) is 24.2 Å². The summed E-state index contributed by atoms with van der Waals surface area (Å²) in [5.74, 6) is -1.12. The second kappa shape index (κ2) is 4.94. The molecule has 1 aliphatic heterocycles. The predicted octanol–water partition coefficient (Wildman–Crippen LogP) is 2.17. The number of carbonyl (C=O) groups excluding carboxylic acids is 1. The van der Waals surface area contributed by atoms with Crippen molar-refractivity contribution in [2.75, 3.05) is 17.2 Å². The maximum Gasteiger partial charge on any atom is 0.335 e. The maximum absolute atomic E-state index is 12.6. The quantitative estimate of drug-likeness (QED) is 0.827. The maximum atomic E-state index is 12.6. The molecular weight excluding hydrogens is 268 g/mol. The lowest BCUT2D eigenvalue weighted by Crippen LogP contribution is -2.29. The lowest BCUT2D eigenvalue weighted by atomic mass is 10.1. The molecule has 1 heterocycles. The molecule has 0 unspecified atom stereocenters. The normalized spacial score (nSPS) is 13.0. The van der Waals surface area contributed by atoms with Crippen LogP contribution in [-0.2, 0) is 6.42 Å². The number of benzene rings is 2. The molecular formula is C16H14N2O3. The van der Waals surface area contributed by atoms with Crippen LogP contribution < -0.4 is 10.6 Å². The summed E-state index contributed by atoms with van der Waals surface area (Å²) in [5.41, 5.74) is 8.62. The molecule has 0 aliphatic carbocycles. The minimum atomic E-state index is -0.963. The minimum absolute atomic E-state index is 0.157. The highest BCUT2D eigenvalue weighted by molar-refractivity contribution is 6.10. The van der Waals surface area contributed by atoms with E-state index in [2.05, 4.69) is 0 Å². The summed E-state index contributed by atoms with van der Waals surface area (Å²) in [7, 11) is 0. The number of carboxylic acid groups (broad SMARTS) is 1. The molecule has 0 aromatic heterocycles. The first-order valence-electron chi connectivity index (χ1n) is 6.60. The van der Waals surface area contributed by atoms with Crippen LogP contribution in [0.3, 0.4) is 0 Å². The summed E-state index contributed by atoms with van der Waals surface area (Å²) in [6.45, 7) is 0.533. The van der Waals surface area contributed by atoms with Crippen LogP contribution in [0.1, 0.15) is 26.3 Å². The van der Waals surface area contributed by atoms with Crippen LogP contribution in [0.25, 0.3) is 0 Å². The van der Waals surface area contributed by atoms with Crippen LogP contribution in [0.2, 0.25) is 0 Å². The van der Waals surface area contributed by atoms with E-state index < -0.39 is 5.97 Å². The highest BCUT2D eigenvalue weighted by Gasteiger charge is 2.27. The van der Waals surface area contributed by atoms with Crippen molar-refractivity contribution < 1.29 is 14.7 Å². The Morgan fingerprint density at radius 2 is 1.90 bits per heavy atom. The molecule has 2 aromatic rings. The number of nitrogens with two attached hydrogens (primary N) is 1. The van der Waals surface area contributed by atoms with E-state index in [1.54, 1.807) is 41.3 Å². The number of hydrogen-bond acceptors (Lipinski definition) is 3. The second-order valence-electron chi connectivity index (χ2n) is 4.94. The topological polar surface area (TPSA) is 83.6 Å². The summed E-state index contributed by atoms with van der Waals surface area (Å²) in [5, 5.41) is 9.01. The molecule has 1 aliphatic rings. The van der Waals surface area contributed by atoms with Crippen LogP contribution in [0.15, 0.2) is 42.5 Å². The van der Waals surface area contributed by atoms with Gasteiger partial charge in [-0.1, -0.05) is 12.1 Å². The van der Waals surface area contributed by atoms with E-state index in [4.69, 9.17) is 10.8 Å². The molecule has 106 valence electrons. The summed E-state index contributed by atoms with van der Waals surface area (Å²) in [4.78, 5) is 25.2. The van der Waals surface area contributed by atoms with Crippen molar-refractivity contribution in [1.29, 1.82) is 0 Å². The van der Waals surface area contributed by atoms with Gasteiger partial charge in [-0.15, -0.1) is 0 Å². The van der Waals surface area contributed by atoms with Crippen molar-refractivity contribution in [3.8, 4) is 0 Å². The van der Waals surface area contributed by atoms with Crippen LogP contribution in [0.4, 0.5) is 11.4 Å². The Balaban J connectivity index is 1.96. The lowest BCUT2D eigenvalue weighted by molar-refractivity contribution is 0.0696. The Morgan fingerprint density at radius 1 is 1.14 bits per heavy atom. The number of carboxylic acids is 1. The Kier molecular flexibility index (Phi) is 3.10. The van der Waals surface area contributed by atoms with Gasteiger partial charge in [-0.05, 0) is 42.3 Å². The molecule has 0 atom stereocenters. The van der Waals surface area contributed by atoms with Gasteiger partial charge < -0.3 is 15.7 Å². The first kappa shape index (κ1) is 13.2. The fourth-order valence-electron chi connectivity index (χ4n) is 2.58.